The monoisotopic (exact) mass is 271 g/mol. The highest BCUT2D eigenvalue weighted by Gasteiger charge is 2.25. The van der Waals surface area contributed by atoms with Gasteiger partial charge in [-0.2, -0.15) is 0 Å². The van der Waals surface area contributed by atoms with E-state index in [1.807, 2.05) is 0 Å². The smallest absolute Gasteiger partial charge is 0.297 e. The number of aromatic amines is 1. The van der Waals surface area contributed by atoms with Gasteiger partial charge in [-0.25, -0.2) is 4.98 Å². The van der Waals surface area contributed by atoms with Gasteiger partial charge in [-0.1, -0.05) is 18.0 Å². The van der Waals surface area contributed by atoms with Gasteiger partial charge in [-0.3, -0.25) is 4.79 Å². The molecular formula is C14H13N3O3. The SMILES string of the molecule is O=c1[nH]c(-c2ccco2)nc2c(C3CCCC3)noc12. The van der Waals surface area contributed by atoms with Gasteiger partial charge < -0.3 is 13.9 Å². The third kappa shape index (κ3) is 1.68. The van der Waals surface area contributed by atoms with Gasteiger partial charge >= 0.3 is 0 Å². The summed E-state index contributed by atoms with van der Waals surface area (Å²) >= 11 is 0. The van der Waals surface area contributed by atoms with Crippen LogP contribution in [0.4, 0.5) is 0 Å². The third-order valence-corrected chi connectivity index (χ3v) is 3.85. The van der Waals surface area contributed by atoms with Crippen molar-refractivity contribution in [1.29, 1.82) is 0 Å². The lowest BCUT2D eigenvalue weighted by Gasteiger charge is -2.03. The number of hydrogen-bond acceptors (Lipinski definition) is 5. The zero-order valence-corrected chi connectivity index (χ0v) is 10.8. The molecule has 3 aromatic rings. The highest BCUT2D eigenvalue weighted by Crippen LogP contribution is 2.36. The van der Waals surface area contributed by atoms with Crippen LogP contribution in [0.5, 0.6) is 0 Å². The van der Waals surface area contributed by atoms with Crippen molar-refractivity contribution in [2.45, 2.75) is 31.6 Å². The van der Waals surface area contributed by atoms with Crippen molar-refractivity contribution >= 4 is 11.1 Å². The predicted molar refractivity (Wildman–Crippen MR) is 71.3 cm³/mol. The molecule has 0 bridgehead atoms. The average molecular weight is 271 g/mol. The summed E-state index contributed by atoms with van der Waals surface area (Å²) in [7, 11) is 0. The summed E-state index contributed by atoms with van der Waals surface area (Å²) < 4.78 is 10.5. The molecule has 0 spiro atoms. The number of nitrogens with zero attached hydrogens (tertiary/aromatic N) is 2. The van der Waals surface area contributed by atoms with Crippen molar-refractivity contribution in [3.8, 4) is 11.6 Å². The highest BCUT2D eigenvalue weighted by atomic mass is 16.5. The molecule has 20 heavy (non-hydrogen) atoms. The van der Waals surface area contributed by atoms with E-state index >= 15 is 0 Å². The molecule has 1 aliphatic rings. The molecule has 102 valence electrons. The van der Waals surface area contributed by atoms with Gasteiger partial charge in [0.2, 0.25) is 5.58 Å². The minimum absolute atomic E-state index is 0.196. The fourth-order valence-corrected chi connectivity index (χ4v) is 2.86. The summed E-state index contributed by atoms with van der Waals surface area (Å²) in [5, 5.41) is 4.07. The molecule has 0 aliphatic heterocycles. The van der Waals surface area contributed by atoms with E-state index in [0.717, 1.165) is 18.5 Å². The van der Waals surface area contributed by atoms with Crippen LogP contribution in [0.2, 0.25) is 0 Å². The molecule has 1 saturated carbocycles. The highest BCUT2D eigenvalue weighted by molar-refractivity contribution is 5.76. The molecule has 4 rings (SSSR count). The van der Waals surface area contributed by atoms with Gasteiger partial charge in [0.05, 0.1) is 6.26 Å². The number of H-pyrrole nitrogens is 1. The standard InChI is InChI=1S/C14H13N3O3/c18-14-12-11(10(17-20-12)8-4-1-2-5-8)15-13(16-14)9-6-3-7-19-9/h3,6-8H,1-2,4-5H2,(H,15,16,18). The van der Waals surface area contributed by atoms with Crippen molar-refractivity contribution in [1.82, 2.24) is 15.1 Å². The lowest BCUT2D eigenvalue weighted by atomic mass is 10.0. The normalized spacial score (nSPS) is 16.2. The first-order valence-corrected chi connectivity index (χ1v) is 6.76. The molecule has 0 amide bonds. The third-order valence-electron chi connectivity index (χ3n) is 3.85. The summed E-state index contributed by atoms with van der Waals surface area (Å²) in [6.07, 6.45) is 6.07. The molecule has 3 aromatic heterocycles. The Kier molecular flexibility index (Phi) is 2.48. The quantitative estimate of drug-likeness (QED) is 0.774. The van der Waals surface area contributed by atoms with Crippen LogP contribution < -0.4 is 5.56 Å². The Morgan fingerprint density at radius 3 is 2.90 bits per heavy atom. The summed E-state index contributed by atoms with van der Waals surface area (Å²) in [6, 6.07) is 3.51. The van der Waals surface area contributed by atoms with Crippen molar-refractivity contribution in [3.63, 3.8) is 0 Å². The van der Waals surface area contributed by atoms with Gasteiger partial charge in [0, 0.05) is 5.92 Å². The summed E-state index contributed by atoms with van der Waals surface area (Å²) in [5.41, 5.74) is 1.24. The van der Waals surface area contributed by atoms with E-state index in [-0.39, 0.29) is 11.1 Å². The Bertz CT molecular complexity index is 795. The van der Waals surface area contributed by atoms with Gasteiger partial charge in [0.15, 0.2) is 11.6 Å². The van der Waals surface area contributed by atoms with Crippen LogP contribution in [-0.4, -0.2) is 15.1 Å². The molecule has 0 atom stereocenters. The molecule has 3 heterocycles. The zero-order valence-electron chi connectivity index (χ0n) is 10.8. The van der Waals surface area contributed by atoms with Crippen molar-refractivity contribution in [2.75, 3.05) is 0 Å². The first-order chi connectivity index (χ1) is 9.83. The number of aromatic nitrogens is 3. The fraction of sp³-hybridized carbons (Fsp3) is 0.357. The van der Waals surface area contributed by atoms with Gasteiger partial charge in [0.1, 0.15) is 11.2 Å². The maximum Gasteiger partial charge on any atom is 0.297 e. The van der Waals surface area contributed by atoms with E-state index in [1.54, 1.807) is 18.4 Å². The van der Waals surface area contributed by atoms with E-state index in [4.69, 9.17) is 8.94 Å². The molecule has 1 aliphatic carbocycles. The number of nitrogens with one attached hydrogen (secondary N) is 1. The average Bonchev–Trinajstić information content (AvgIpc) is 3.19. The number of furan rings is 1. The molecule has 6 heteroatoms. The summed E-state index contributed by atoms with van der Waals surface area (Å²) in [6.45, 7) is 0. The number of rotatable bonds is 2. The van der Waals surface area contributed by atoms with Crippen LogP contribution in [-0.2, 0) is 0 Å². The second kappa shape index (κ2) is 4.33. The van der Waals surface area contributed by atoms with E-state index in [9.17, 15) is 4.79 Å². The van der Waals surface area contributed by atoms with Crippen molar-refractivity contribution < 1.29 is 8.94 Å². The first-order valence-electron chi connectivity index (χ1n) is 6.76. The Balaban J connectivity index is 1.92. The molecule has 0 saturated heterocycles. The molecule has 0 unspecified atom stereocenters. The van der Waals surface area contributed by atoms with Crippen LogP contribution >= 0.6 is 0 Å². The summed E-state index contributed by atoms with van der Waals surface area (Å²) in [5.74, 6) is 1.28. The van der Waals surface area contributed by atoms with Crippen LogP contribution in [0.25, 0.3) is 22.7 Å². The van der Waals surface area contributed by atoms with Crippen LogP contribution in [0, 0.1) is 0 Å². The minimum atomic E-state index is -0.321. The predicted octanol–water partition coefficient (Wildman–Crippen LogP) is 2.83. The minimum Gasteiger partial charge on any atom is -0.461 e. The summed E-state index contributed by atoms with van der Waals surface area (Å²) in [4.78, 5) is 19.2. The van der Waals surface area contributed by atoms with Crippen molar-refractivity contribution in [2.24, 2.45) is 0 Å². The molecular weight excluding hydrogens is 258 g/mol. The Labute approximate surface area is 113 Å². The lowest BCUT2D eigenvalue weighted by Crippen LogP contribution is -2.08. The van der Waals surface area contributed by atoms with E-state index in [1.165, 1.54) is 12.8 Å². The van der Waals surface area contributed by atoms with Crippen LogP contribution in [0.3, 0.4) is 0 Å². The molecule has 6 nitrogen and oxygen atoms in total. The van der Waals surface area contributed by atoms with Gasteiger partial charge in [-0.15, -0.1) is 0 Å². The maximum atomic E-state index is 12.1. The van der Waals surface area contributed by atoms with Gasteiger partial charge in [-0.05, 0) is 25.0 Å². The topological polar surface area (TPSA) is 84.9 Å². The van der Waals surface area contributed by atoms with E-state index < -0.39 is 0 Å². The second-order valence-corrected chi connectivity index (χ2v) is 5.12. The number of fused-ring (bicyclic) bond motifs is 1. The first kappa shape index (κ1) is 11.5. The molecule has 0 radical (unpaired) electrons. The van der Waals surface area contributed by atoms with Crippen LogP contribution in [0.1, 0.15) is 37.3 Å². The molecule has 0 aromatic carbocycles. The fourth-order valence-electron chi connectivity index (χ4n) is 2.86. The Morgan fingerprint density at radius 1 is 1.30 bits per heavy atom. The van der Waals surface area contributed by atoms with Crippen molar-refractivity contribution in [3.05, 3.63) is 34.4 Å². The van der Waals surface area contributed by atoms with Crippen LogP contribution in [0.15, 0.2) is 32.1 Å². The Morgan fingerprint density at radius 2 is 2.15 bits per heavy atom. The van der Waals surface area contributed by atoms with E-state index in [2.05, 4.69) is 15.1 Å². The lowest BCUT2D eigenvalue weighted by molar-refractivity contribution is 0.434. The maximum absolute atomic E-state index is 12.1. The molecule has 1 N–H and O–H groups in total. The van der Waals surface area contributed by atoms with E-state index in [0.29, 0.717) is 23.0 Å². The Hall–Kier alpha value is -2.37. The zero-order chi connectivity index (χ0) is 13.5. The largest absolute Gasteiger partial charge is 0.461 e. The second-order valence-electron chi connectivity index (χ2n) is 5.12. The molecule has 1 fully saturated rings. The number of hydrogen-bond donors (Lipinski definition) is 1. The van der Waals surface area contributed by atoms with Gasteiger partial charge in [0.25, 0.3) is 5.56 Å².